The van der Waals surface area contributed by atoms with Crippen LogP contribution in [-0.4, -0.2) is 16.9 Å². The molecule has 0 saturated heterocycles. The quantitative estimate of drug-likeness (QED) is 0.798. The molecule has 1 aromatic heterocycles. The molecule has 4 nitrogen and oxygen atoms in total. The Morgan fingerprint density at radius 3 is 2.48 bits per heavy atom. The van der Waals surface area contributed by atoms with Gasteiger partial charge in [0.2, 0.25) is 0 Å². The van der Waals surface area contributed by atoms with Crippen LogP contribution in [-0.2, 0) is 6.54 Å². The van der Waals surface area contributed by atoms with E-state index in [-0.39, 0.29) is 0 Å². The molecule has 0 fully saturated rings. The first-order valence-electron chi connectivity index (χ1n) is 6.81. The van der Waals surface area contributed by atoms with Crippen molar-refractivity contribution in [1.82, 2.24) is 9.78 Å². The van der Waals surface area contributed by atoms with Crippen molar-refractivity contribution in [2.45, 2.75) is 6.54 Å². The molecular weight excluding hydrogens is 262 g/mol. The number of hydrogen-bond donors (Lipinski definition) is 1. The molecule has 0 saturated carbocycles. The van der Waals surface area contributed by atoms with Crippen LogP contribution < -0.4 is 10.5 Å². The minimum absolute atomic E-state index is 0.431. The maximum absolute atomic E-state index is 5.88. The topological polar surface area (TPSA) is 53.1 Å². The molecule has 0 amide bonds. The SMILES string of the molecule is COc1ccccc1-c1nn(-c2ccccc2)cc1CN. The molecule has 0 atom stereocenters. The van der Waals surface area contributed by atoms with Gasteiger partial charge in [0.25, 0.3) is 0 Å². The molecule has 2 aromatic carbocycles. The lowest BCUT2D eigenvalue weighted by atomic mass is 10.1. The van der Waals surface area contributed by atoms with Gasteiger partial charge in [-0.3, -0.25) is 0 Å². The molecule has 0 unspecified atom stereocenters. The first-order valence-corrected chi connectivity index (χ1v) is 6.81. The summed E-state index contributed by atoms with van der Waals surface area (Å²) in [7, 11) is 1.66. The van der Waals surface area contributed by atoms with E-state index in [1.165, 1.54) is 0 Å². The summed E-state index contributed by atoms with van der Waals surface area (Å²) in [6.07, 6.45) is 1.97. The monoisotopic (exact) mass is 279 g/mol. The third-order valence-corrected chi connectivity index (χ3v) is 3.39. The maximum atomic E-state index is 5.88. The molecule has 0 aliphatic carbocycles. The zero-order chi connectivity index (χ0) is 14.7. The zero-order valence-electron chi connectivity index (χ0n) is 11.9. The molecule has 21 heavy (non-hydrogen) atoms. The number of nitrogens with zero attached hydrogens (tertiary/aromatic N) is 2. The fourth-order valence-electron chi connectivity index (χ4n) is 2.34. The third kappa shape index (κ3) is 2.53. The van der Waals surface area contributed by atoms with E-state index >= 15 is 0 Å². The summed E-state index contributed by atoms with van der Waals surface area (Å²) >= 11 is 0. The van der Waals surface area contributed by atoms with Gasteiger partial charge in [-0.15, -0.1) is 0 Å². The van der Waals surface area contributed by atoms with Crippen LogP contribution >= 0.6 is 0 Å². The van der Waals surface area contributed by atoms with Gasteiger partial charge in [-0.25, -0.2) is 4.68 Å². The Bertz CT molecular complexity index is 735. The summed E-state index contributed by atoms with van der Waals surface area (Å²) in [4.78, 5) is 0. The van der Waals surface area contributed by atoms with Crippen molar-refractivity contribution < 1.29 is 4.74 Å². The molecule has 4 heteroatoms. The summed E-state index contributed by atoms with van der Waals surface area (Å²) in [6, 6.07) is 17.8. The highest BCUT2D eigenvalue weighted by Crippen LogP contribution is 2.31. The fourth-order valence-corrected chi connectivity index (χ4v) is 2.34. The normalized spacial score (nSPS) is 10.6. The smallest absolute Gasteiger partial charge is 0.128 e. The third-order valence-electron chi connectivity index (χ3n) is 3.39. The van der Waals surface area contributed by atoms with E-state index in [2.05, 4.69) is 5.10 Å². The number of aromatic nitrogens is 2. The van der Waals surface area contributed by atoms with Crippen LogP contribution in [0.5, 0.6) is 5.75 Å². The highest BCUT2D eigenvalue weighted by atomic mass is 16.5. The molecule has 0 aliphatic rings. The number of hydrogen-bond acceptors (Lipinski definition) is 3. The lowest BCUT2D eigenvalue weighted by Gasteiger charge is -2.07. The molecule has 0 aliphatic heterocycles. The zero-order valence-corrected chi connectivity index (χ0v) is 11.9. The molecular formula is C17H17N3O. The van der Waals surface area contributed by atoms with Gasteiger partial charge in [0, 0.05) is 23.9 Å². The molecule has 0 radical (unpaired) electrons. The molecule has 3 rings (SSSR count). The van der Waals surface area contributed by atoms with Gasteiger partial charge in [-0.2, -0.15) is 5.10 Å². The van der Waals surface area contributed by atoms with Crippen LogP contribution in [0.1, 0.15) is 5.56 Å². The summed E-state index contributed by atoms with van der Waals surface area (Å²) in [5, 5.41) is 4.69. The Labute approximate surface area is 123 Å². The van der Waals surface area contributed by atoms with E-state index in [0.717, 1.165) is 28.3 Å². The Morgan fingerprint density at radius 1 is 1.05 bits per heavy atom. The van der Waals surface area contributed by atoms with Gasteiger partial charge in [-0.05, 0) is 24.3 Å². The predicted molar refractivity (Wildman–Crippen MR) is 83.4 cm³/mol. The number of benzene rings is 2. The lowest BCUT2D eigenvalue weighted by molar-refractivity contribution is 0.416. The molecule has 0 bridgehead atoms. The van der Waals surface area contributed by atoms with Crippen molar-refractivity contribution in [3.8, 4) is 22.7 Å². The van der Waals surface area contributed by atoms with Gasteiger partial charge in [-0.1, -0.05) is 30.3 Å². The second kappa shape index (κ2) is 5.81. The van der Waals surface area contributed by atoms with Crippen LogP contribution in [0.4, 0.5) is 0 Å². The number of ether oxygens (including phenoxy) is 1. The average Bonchev–Trinajstić information content (AvgIpc) is 2.99. The second-order valence-electron chi connectivity index (χ2n) is 4.69. The van der Waals surface area contributed by atoms with Gasteiger partial charge in [0.05, 0.1) is 12.8 Å². The number of nitrogens with two attached hydrogens (primary N) is 1. The summed E-state index contributed by atoms with van der Waals surface area (Å²) in [5.41, 5.74) is 9.69. The van der Waals surface area contributed by atoms with E-state index in [9.17, 15) is 0 Å². The van der Waals surface area contributed by atoms with Crippen LogP contribution in [0.15, 0.2) is 60.8 Å². The highest BCUT2D eigenvalue weighted by molar-refractivity contribution is 5.70. The summed E-state index contributed by atoms with van der Waals surface area (Å²) in [6.45, 7) is 0.431. The Morgan fingerprint density at radius 2 is 1.76 bits per heavy atom. The van der Waals surface area contributed by atoms with Gasteiger partial charge in [0.15, 0.2) is 0 Å². The van der Waals surface area contributed by atoms with Crippen LogP contribution in [0.2, 0.25) is 0 Å². The molecule has 2 N–H and O–H groups in total. The highest BCUT2D eigenvalue weighted by Gasteiger charge is 2.14. The van der Waals surface area contributed by atoms with Crippen molar-refractivity contribution in [3.63, 3.8) is 0 Å². The maximum Gasteiger partial charge on any atom is 0.128 e. The van der Waals surface area contributed by atoms with Crippen molar-refractivity contribution in [3.05, 3.63) is 66.4 Å². The van der Waals surface area contributed by atoms with E-state index in [1.54, 1.807) is 7.11 Å². The van der Waals surface area contributed by atoms with Crippen molar-refractivity contribution in [2.24, 2.45) is 5.73 Å². The predicted octanol–water partition coefficient (Wildman–Crippen LogP) is 3.01. The minimum atomic E-state index is 0.431. The second-order valence-corrected chi connectivity index (χ2v) is 4.69. The Hall–Kier alpha value is -2.59. The van der Waals surface area contributed by atoms with E-state index in [0.29, 0.717) is 6.54 Å². The molecule has 1 heterocycles. The van der Waals surface area contributed by atoms with E-state index in [1.807, 2.05) is 65.5 Å². The van der Waals surface area contributed by atoms with Crippen molar-refractivity contribution >= 4 is 0 Å². The van der Waals surface area contributed by atoms with Crippen LogP contribution in [0, 0.1) is 0 Å². The molecule has 3 aromatic rings. The molecule has 0 spiro atoms. The summed E-state index contributed by atoms with van der Waals surface area (Å²) in [5.74, 6) is 0.797. The number of para-hydroxylation sites is 2. The molecule has 106 valence electrons. The average molecular weight is 279 g/mol. The number of methoxy groups -OCH3 is 1. The van der Waals surface area contributed by atoms with Crippen molar-refractivity contribution in [1.29, 1.82) is 0 Å². The van der Waals surface area contributed by atoms with Gasteiger partial charge < -0.3 is 10.5 Å². The largest absolute Gasteiger partial charge is 0.496 e. The van der Waals surface area contributed by atoms with Gasteiger partial charge in [0.1, 0.15) is 11.4 Å². The first kappa shape index (κ1) is 13.4. The van der Waals surface area contributed by atoms with Gasteiger partial charge >= 0.3 is 0 Å². The van der Waals surface area contributed by atoms with Crippen LogP contribution in [0.3, 0.4) is 0 Å². The number of rotatable bonds is 4. The van der Waals surface area contributed by atoms with Crippen LogP contribution in [0.25, 0.3) is 16.9 Å². The van der Waals surface area contributed by atoms with Crippen molar-refractivity contribution in [2.75, 3.05) is 7.11 Å². The Balaban J connectivity index is 2.13. The first-order chi connectivity index (χ1) is 10.3. The standard InChI is InChI=1S/C17H17N3O/c1-21-16-10-6-5-9-15(16)17-13(11-18)12-20(19-17)14-7-3-2-4-8-14/h2-10,12H,11,18H2,1H3. The Kier molecular flexibility index (Phi) is 3.71. The lowest BCUT2D eigenvalue weighted by Crippen LogP contribution is -1.97. The fraction of sp³-hybridized carbons (Fsp3) is 0.118. The van der Waals surface area contributed by atoms with E-state index in [4.69, 9.17) is 10.5 Å². The minimum Gasteiger partial charge on any atom is -0.496 e. The van der Waals surface area contributed by atoms with E-state index < -0.39 is 0 Å². The summed E-state index contributed by atoms with van der Waals surface area (Å²) < 4.78 is 7.28.